The summed E-state index contributed by atoms with van der Waals surface area (Å²) >= 11 is 11.5. The fraction of sp³-hybridized carbons (Fsp3) is 0.0909. The lowest BCUT2D eigenvalue weighted by atomic mass is 10.2. The summed E-state index contributed by atoms with van der Waals surface area (Å²) in [6.45, 7) is 1.81. The van der Waals surface area contributed by atoms with Crippen molar-refractivity contribution in [2.45, 2.75) is 6.92 Å². The van der Waals surface area contributed by atoms with Gasteiger partial charge in [-0.05, 0) is 24.6 Å². The van der Waals surface area contributed by atoms with Gasteiger partial charge >= 0.3 is 0 Å². The lowest BCUT2D eigenvalue weighted by molar-refractivity contribution is 0.630. The number of nitrogens with zero attached hydrogens (tertiary/aromatic N) is 2. The Balaban J connectivity index is 2.34. The van der Waals surface area contributed by atoms with Gasteiger partial charge < -0.3 is 5.32 Å². The van der Waals surface area contributed by atoms with Crippen LogP contribution in [0, 0.1) is 12.7 Å². The summed E-state index contributed by atoms with van der Waals surface area (Å²) in [7, 11) is 0. The van der Waals surface area contributed by atoms with Crippen molar-refractivity contribution in [3.8, 4) is 0 Å². The molecule has 0 aliphatic rings. The van der Waals surface area contributed by atoms with Crippen molar-refractivity contribution in [3.63, 3.8) is 0 Å². The lowest BCUT2D eigenvalue weighted by Crippen LogP contribution is -1.97. The number of benzene rings is 1. The molecule has 0 saturated carbocycles. The molecule has 17 heavy (non-hydrogen) atoms. The second-order valence-corrected chi connectivity index (χ2v) is 4.23. The standard InChI is InChI=1S/C11H8Cl2FN3/c1-6-2-3-8(7(14)4-6)15-9-5-10(12)16-17-11(9)13/h2-5H,1H3,(H,15,16). The minimum absolute atomic E-state index is 0.134. The average Bonchev–Trinajstić information content (AvgIpc) is 2.27. The number of nitrogens with one attached hydrogen (secondary N) is 1. The summed E-state index contributed by atoms with van der Waals surface area (Å²) in [5.41, 5.74) is 1.56. The number of hydrogen-bond donors (Lipinski definition) is 1. The van der Waals surface area contributed by atoms with Gasteiger partial charge in [0.2, 0.25) is 0 Å². The fourth-order valence-corrected chi connectivity index (χ4v) is 1.59. The summed E-state index contributed by atoms with van der Waals surface area (Å²) < 4.78 is 13.6. The molecule has 0 saturated heterocycles. The molecule has 1 N–H and O–H groups in total. The molecule has 0 unspecified atom stereocenters. The normalized spacial score (nSPS) is 10.4. The molecule has 1 heterocycles. The molecule has 0 spiro atoms. The molecule has 3 nitrogen and oxygen atoms in total. The Hall–Kier alpha value is -1.39. The Labute approximate surface area is 108 Å². The van der Waals surface area contributed by atoms with Crippen LogP contribution in [0.3, 0.4) is 0 Å². The van der Waals surface area contributed by atoms with E-state index < -0.39 is 0 Å². The molecule has 88 valence electrons. The second kappa shape index (κ2) is 4.85. The van der Waals surface area contributed by atoms with E-state index in [-0.39, 0.29) is 16.1 Å². The van der Waals surface area contributed by atoms with Crippen molar-refractivity contribution in [2.24, 2.45) is 0 Å². The Morgan fingerprint density at radius 2 is 1.88 bits per heavy atom. The monoisotopic (exact) mass is 271 g/mol. The molecule has 0 atom stereocenters. The number of halogens is 3. The van der Waals surface area contributed by atoms with E-state index in [1.807, 2.05) is 6.92 Å². The van der Waals surface area contributed by atoms with Crippen LogP contribution in [-0.2, 0) is 0 Å². The van der Waals surface area contributed by atoms with Gasteiger partial charge in [-0.1, -0.05) is 29.3 Å². The van der Waals surface area contributed by atoms with Gasteiger partial charge in [-0.2, -0.15) is 0 Å². The molecule has 0 radical (unpaired) electrons. The number of hydrogen-bond acceptors (Lipinski definition) is 3. The lowest BCUT2D eigenvalue weighted by Gasteiger charge is -2.08. The van der Waals surface area contributed by atoms with Crippen molar-refractivity contribution >= 4 is 34.6 Å². The van der Waals surface area contributed by atoms with Gasteiger partial charge in [-0.25, -0.2) is 4.39 Å². The predicted octanol–water partition coefficient (Wildman–Crippen LogP) is 3.97. The third kappa shape index (κ3) is 2.84. The number of anilines is 2. The van der Waals surface area contributed by atoms with E-state index in [2.05, 4.69) is 15.5 Å². The predicted molar refractivity (Wildman–Crippen MR) is 66.5 cm³/mol. The van der Waals surface area contributed by atoms with E-state index >= 15 is 0 Å². The maximum absolute atomic E-state index is 13.6. The van der Waals surface area contributed by atoms with Crippen LogP contribution in [-0.4, -0.2) is 10.2 Å². The molecule has 0 aliphatic carbocycles. The first-order valence-electron chi connectivity index (χ1n) is 4.78. The van der Waals surface area contributed by atoms with Gasteiger partial charge in [0.05, 0.1) is 11.4 Å². The topological polar surface area (TPSA) is 37.8 Å². The maximum atomic E-state index is 13.6. The minimum atomic E-state index is -0.367. The third-order valence-electron chi connectivity index (χ3n) is 2.11. The SMILES string of the molecule is Cc1ccc(Nc2cc(Cl)nnc2Cl)c(F)c1. The van der Waals surface area contributed by atoms with Crippen molar-refractivity contribution in [2.75, 3.05) is 5.32 Å². The third-order valence-corrected chi connectivity index (χ3v) is 2.58. The highest BCUT2D eigenvalue weighted by atomic mass is 35.5. The van der Waals surface area contributed by atoms with Crippen LogP contribution in [0.4, 0.5) is 15.8 Å². The van der Waals surface area contributed by atoms with Crippen molar-refractivity contribution in [3.05, 3.63) is 46.0 Å². The first-order chi connectivity index (χ1) is 8.06. The van der Waals surface area contributed by atoms with Gasteiger partial charge in [0, 0.05) is 6.07 Å². The Morgan fingerprint density at radius 3 is 2.59 bits per heavy atom. The van der Waals surface area contributed by atoms with E-state index in [4.69, 9.17) is 23.2 Å². The van der Waals surface area contributed by atoms with E-state index in [1.165, 1.54) is 12.1 Å². The van der Waals surface area contributed by atoms with E-state index in [1.54, 1.807) is 12.1 Å². The molecule has 1 aromatic heterocycles. The zero-order chi connectivity index (χ0) is 12.4. The first kappa shape index (κ1) is 12.1. The molecule has 0 amide bonds. The molecule has 2 aromatic rings. The Kier molecular flexibility index (Phi) is 3.45. The van der Waals surface area contributed by atoms with E-state index in [9.17, 15) is 4.39 Å². The largest absolute Gasteiger partial charge is 0.350 e. The Morgan fingerprint density at radius 1 is 1.12 bits per heavy atom. The first-order valence-corrected chi connectivity index (χ1v) is 5.54. The molecule has 2 rings (SSSR count). The highest BCUT2D eigenvalue weighted by Crippen LogP contribution is 2.26. The Bertz CT molecular complexity index is 560. The van der Waals surface area contributed by atoms with Crippen LogP contribution in [0.25, 0.3) is 0 Å². The van der Waals surface area contributed by atoms with E-state index in [0.29, 0.717) is 11.4 Å². The van der Waals surface area contributed by atoms with Gasteiger partial charge in [-0.3, -0.25) is 0 Å². The van der Waals surface area contributed by atoms with Crippen LogP contribution in [0.1, 0.15) is 5.56 Å². The van der Waals surface area contributed by atoms with Crippen LogP contribution in [0.5, 0.6) is 0 Å². The molecular formula is C11H8Cl2FN3. The molecule has 1 aromatic carbocycles. The zero-order valence-corrected chi connectivity index (χ0v) is 10.3. The fourth-order valence-electron chi connectivity index (χ4n) is 1.31. The second-order valence-electron chi connectivity index (χ2n) is 3.48. The summed E-state index contributed by atoms with van der Waals surface area (Å²) in [5.74, 6) is -0.367. The number of aromatic nitrogens is 2. The molecular weight excluding hydrogens is 264 g/mol. The molecule has 0 fully saturated rings. The summed E-state index contributed by atoms with van der Waals surface area (Å²) in [4.78, 5) is 0. The average molecular weight is 272 g/mol. The highest BCUT2D eigenvalue weighted by Gasteiger charge is 2.07. The minimum Gasteiger partial charge on any atom is -0.350 e. The summed E-state index contributed by atoms with van der Waals surface area (Å²) in [5, 5.41) is 10.3. The van der Waals surface area contributed by atoms with Gasteiger partial charge in [0.15, 0.2) is 10.3 Å². The van der Waals surface area contributed by atoms with E-state index in [0.717, 1.165) is 5.56 Å². The smallest absolute Gasteiger partial charge is 0.175 e. The quantitative estimate of drug-likeness (QED) is 0.898. The number of aryl methyl sites for hydroxylation is 1. The van der Waals surface area contributed by atoms with Crippen molar-refractivity contribution < 1.29 is 4.39 Å². The summed E-state index contributed by atoms with van der Waals surface area (Å²) in [6.07, 6.45) is 0. The van der Waals surface area contributed by atoms with Crippen LogP contribution < -0.4 is 5.32 Å². The van der Waals surface area contributed by atoms with Crippen LogP contribution >= 0.6 is 23.2 Å². The highest BCUT2D eigenvalue weighted by molar-refractivity contribution is 6.33. The zero-order valence-electron chi connectivity index (χ0n) is 8.84. The van der Waals surface area contributed by atoms with Crippen molar-refractivity contribution in [1.82, 2.24) is 10.2 Å². The van der Waals surface area contributed by atoms with Crippen molar-refractivity contribution in [1.29, 1.82) is 0 Å². The van der Waals surface area contributed by atoms with Gasteiger partial charge in [-0.15, -0.1) is 10.2 Å². The number of rotatable bonds is 2. The molecule has 0 bridgehead atoms. The van der Waals surface area contributed by atoms with Crippen LogP contribution in [0.2, 0.25) is 10.3 Å². The molecule has 6 heteroatoms. The van der Waals surface area contributed by atoms with Crippen LogP contribution in [0.15, 0.2) is 24.3 Å². The molecule has 0 aliphatic heterocycles. The maximum Gasteiger partial charge on any atom is 0.175 e. The van der Waals surface area contributed by atoms with Gasteiger partial charge in [0.1, 0.15) is 5.82 Å². The van der Waals surface area contributed by atoms with Gasteiger partial charge in [0.25, 0.3) is 0 Å². The summed E-state index contributed by atoms with van der Waals surface area (Å²) in [6, 6.07) is 6.31.